The van der Waals surface area contributed by atoms with Crippen molar-refractivity contribution in [1.82, 2.24) is 4.90 Å². The molecule has 1 fully saturated rings. The topological polar surface area (TPSA) is 49.8 Å². The van der Waals surface area contributed by atoms with Crippen molar-refractivity contribution >= 4 is 5.97 Å². The number of likely N-dealkylation sites (tertiary alicyclic amines) is 1. The Morgan fingerprint density at radius 1 is 1.40 bits per heavy atom. The first-order chi connectivity index (χ1) is 9.70. The number of carboxylic acids is 1. The molecule has 4 heteroatoms. The van der Waals surface area contributed by atoms with Crippen LogP contribution in [-0.4, -0.2) is 35.7 Å². The van der Waals surface area contributed by atoms with Crippen LogP contribution < -0.4 is 4.74 Å². The van der Waals surface area contributed by atoms with E-state index in [1.807, 2.05) is 18.2 Å². The average molecular weight is 275 g/mol. The van der Waals surface area contributed by atoms with E-state index in [2.05, 4.69) is 17.5 Å². The molecule has 1 saturated heterocycles. The summed E-state index contributed by atoms with van der Waals surface area (Å²) in [6.45, 7) is 6.61. The van der Waals surface area contributed by atoms with Crippen molar-refractivity contribution in [3.05, 3.63) is 42.5 Å². The van der Waals surface area contributed by atoms with Gasteiger partial charge >= 0.3 is 5.97 Å². The van der Waals surface area contributed by atoms with Crippen molar-refractivity contribution in [3.63, 3.8) is 0 Å². The lowest BCUT2D eigenvalue weighted by atomic mass is 9.97. The molecule has 0 spiro atoms. The van der Waals surface area contributed by atoms with Crippen LogP contribution in [0.5, 0.6) is 5.75 Å². The Bertz CT molecular complexity index is 465. The standard InChI is InChI=1S/C16H21NO3/c1-2-11-20-15-6-4-3-5-14(15)12-17-9-7-13(8-10-17)16(18)19/h2-6,13H,1,7-12H2,(H,18,19). The maximum atomic E-state index is 10.9. The van der Waals surface area contributed by atoms with Crippen LogP contribution in [0.3, 0.4) is 0 Å². The number of rotatable bonds is 6. The number of nitrogens with zero attached hydrogens (tertiary/aromatic N) is 1. The minimum absolute atomic E-state index is 0.182. The molecule has 1 aliphatic heterocycles. The van der Waals surface area contributed by atoms with Crippen molar-refractivity contribution < 1.29 is 14.6 Å². The molecule has 1 heterocycles. The quantitative estimate of drug-likeness (QED) is 0.811. The molecular formula is C16H21NO3. The largest absolute Gasteiger partial charge is 0.489 e. The zero-order valence-electron chi connectivity index (χ0n) is 11.6. The zero-order chi connectivity index (χ0) is 14.4. The monoisotopic (exact) mass is 275 g/mol. The van der Waals surface area contributed by atoms with Crippen LogP contribution in [0, 0.1) is 5.92 Å². The molecule has 1 aromatic carbocycles. The molecule has 20 heavy (non-hydrogen) atoms. The van der Waals surface area contributed by atoms with E-state index in [0.29, 0.717) is 6.61 Å². The highest BCUT2D eigenvalue weighted by atomic mass is 16.5. The Morgan fingerprint density at radius 3 is 2.75 bits per heavy atom. The first-order valence-electron chi connectivity index (χ1n) is 6.97. The van der Waals surface area contributed by atoms with Crippen molar-refractivity contribution in [3.8, 4) is 5.75 Å². The summed E-state index contributed by atoms with van der Waals surface area (Å²) in [5.74, 6) is 0.0330. The molecular weight excluding hydrogens is 254 g/mol. The molecule has 0 saturated carbocycles. The Kier molecular flexibility index (Phi) is 5.18. The van der Waals surface area contributed by atoms with Gasteiger partial charge in [-0.15, -0.1) is 0 Å². The highest BCUT2D eigenvalue weighted by Crippen LogP contribution is 2.23. The van der Waals surface area contributed by atoms with Gasteiger partial charge in [0.25, 0.3) is 0 Å². The van der Waals surface area contributed by atoms with Crippen LogP contribution in [0.15, 0.2) is 36.9 Å². The van der Waals surface area contributed by atoms with Crippen molar-refractivity contribution in [1.29, 1.82) is 0 Å². The summed E-state index contributed by atoms with van der Waals surface area (Å²) >= 11 is 0. The Morgan fingerprint density at radius 2 is 2.10 bits per heavy atom. The fraction of sp³-hybridized carbons (Fsp3) is 0.438. The summed E-state index contributed by atoms with van der Waals surface area (Å²) in [5.41, 5.74) is 1.14. The first kappa shape index (κ1) is 14.6. The van der Waals surface area contributed by atoms with Crippen LogP contribution in [0.1, 0.15) is 18.4 Å². The second-order valence-corrected chi connectivity index (χ2v) is 5.10. The average Bonchev–Trinajstić information content (AvgIpc) is 2.47. The van der Waals surface area contributed by atoms with Gasteiger partial charge in [-0.2, -0.15) is 0 Å². The fourth-order valence-corrected chi connectivity index (χ4v) is 2.50. The number of hydrogen-bond acceptors (Lipinski definition) is 3. The van der Waals surface area contributed by atoms with E-state index < -0.39 is 5.97 Å². The van der Waals surface area contributed by atoms with Gasteiger partial charge < -0.3 is 9.84 Å². The molecule has 0 amide bonds. The predicted octanol–water partition coefficient (Wildman–Crippen LogP) is 2.55. The van der Waals surface area contributed by atoms with Crippen molar-refractivity contribution in [2.75, 3.05) is 19.7 Å². The Hall–Kier alpha value is -1.81. The number of piperidine rings is 1. The summed E-state index contributed by atoms with van der Waals surface area (Å²) in [6.07, 6.45) is 3.19. The van der Waals surface area contributed by atoms with E-state index >= 15 is 0 Å². The van der Waals surface area contributed by atoms with Crippen LogP contribution in [0.25, 0.3) is 0 Å². The van der Waals surface area contributed by atoms with Gasteiger partial charge in [-0.25, -0.2) is 0 Å². The van der Waals surface area contributed by atoms with Gasteiger partial charge in [0.05, 0.1) is 5.92 Å². The summed E-state index contributed by atoms with van der Waals surface area (Å²) in [5, 5.41) is 9.01. The Balaban J connectivity index is 1.94. The number of carbonyl (C=O) groups is 1. The number of aliphatic carboxylic acids is 1. The lowest BCUT2D eigenvalue weighted by Crippen LogP contribution is -2.35. The van der Waals surface area contributed by atoms with E-state index in [0.717, 1.165) is 43.8 Å². The third-order valence-corrected chi connectivity index (χ3v) is 3.66. The molecule has 4 nitrogen and oxygen atoms in total. The summed E-state index contributed by atoms with van der Waals surface area (Å²) in [7, 11) is 0. The minimum atomic E-state index is -0.667. The number of para-hydroxylation sites is 1. The maximum Gasteiger partial charge on any atom is 0.306 e. The molecule has 1 aromatic rings. The fourth-order valence-electron chi connectivity index (χ4n) is 2.50. The lowest BCUT2D eigenvalue weighted by molar-refractivity contribution is -0.143. The third-order valence-electron chi connectivity index (χ3n) is 3.66. The summed E-state index contributed by atoms with van der Waals surface area (Å²) in [4.78, 5) is 13.2. The van der Waals surface area contributed by atoms with E-state index in [1.54, 1.807) is 6.08 Å². The van der Waals surface area contributed by atoms with E-state index in [1.165, 1.54) is 0 Å². The predicted molar refractivity (Wildman–Crippen MR) is 77.8 cm³/mol. The molecule has 0 unspecified atom stereocenters. The van der Waals surface area contributed by atoms with Crippen LogP contribution in [-0.2, 0) is 11.3 Å². The molecule has 1 aliphatic rings. The number of hydrogen-bond donors (Lipinski definition) is 1. The van der Waals surface area contributed by atoms with Gasteiger partial charge in [-0.1, -0.05) is 30.9 Å². The van der Waals surface area contributed by atoms with Gasteiger partial charge in [0.15, 0.2) is 0 Å². The van der Waals surface area contributed by atoms with Crippen LogP contribution >= 0.6 is 0 Å². The summed E-state index contributed by atoms with van der Waals surface area (Å²) in [6, 6.07) is 7.98. The maximum absolute atomic E-state index is 10.9. The van der Waals surface area contributed by atoms with Gasteiger partial charge in [0.2, 0.25) is 0 Å². The van der Waals surface area contributed by atoms with Crippen molar-refractivity contribution in [2.45, 2.75) is 19.4 Å². The summed E-state index contributed by atoms with van der Waals surface area (Å²) < 4.78 is 5.65. The first-order valence-corrected chi connectivity index (χ1v) is 6.97. The van der Waals surface area contributed by atoms with E-state index in [-0.39, 0.29) is 5.92 Å². The molecule has 0 aromatic heterocycles. The van der Waals surface area contributed by atoms with Gasteiger partial charge in [0.1, 0.15) is 12.4 Å². The highest BCUT2D eigenvalue weighted by molar-refractivity contribution is 5.70. The van der Waals surface area contributed by atoms with Gasteiger partial charge in [0, 0.05) is 12.1 Å². The molecule has 1 N–H and O–H groups in total. The molecule has 0 radical (unpaired) electrons. The van der Waals surface area contributed by atoms with E-state index in [4.69, 9.17) is 9.84 Å². The van der Waals surface area contributed by atoms with Gasteiger partial charge in [-0.3, -0.25) is 9.69 Å². The second-order valence-electron chi connectivity index (χ2n) is 5.10. The SMILES string of the molecule is C=CCOc1ccccc1CN1CCC(C(=O)O)CC1. The molecule has 108 valence electrons. The third kappa shape index (κ3) is 3.84. The van der Waals surface area contributed by atoms with Crippen LogP contribution in [0.4, 0.5) is 0 Å². The number of benzene rings is 1. The van der Waals surface area contributed by atoms with Crippen LogP contribution in [0.2, 0.25) is 0 Å². The molecule has 0 bridgehead atoms. The molecule has 0 atom stereocenters. The van der Waals surface area contributed by atoms with Crippen molar-refractivity contribution in [2.24, 2.45) is 5.92 Å². The van der Waals surface area contributed by atoms with E-state index in [9.17, 15) is 4.79 Å². The number of ether oxygens (including phenoxy) is 1. The minimum Gasteiger partial charge on any atom is -0.489 e. The smallest absolute Gasteiger partial charge is 0.306 e. The molecule has 0 aliphatic carbocycles. The molecule has 2 rings (SSSR count). The zero-order valence-corrected chi connectivity index (χ0v) is 11.6. The second kappa shape index (κ2) is 7.10. The lowest BCUT2D eigenvalue weighted by Gasteiger charge is -2.30. The Labute approximate surface area is 119 Å². The highest BCUT2D eigenvalue weighted by Gasteiger charge is 2.24. The number of carboxylic acid groups (broad SMARTS) is 1. The van der Waals surface area contributed by atoms with Gasteiger partial charge in [-0.05, 0) is 32.0 Å². The normalized spacial score (nSPS) is 16.8.